The minimum Gasteiger partial charge on any atom is -0.478 e. The van der Waals surface area contributed by atoms with Crippen molar-refractivity contribution in [1.82, 2.24) is 4.90 Å². The summed E-state index contributed by atoms with van der Waals surface area (Å²) in [5.41, 5.74) is 0.424. The van der Waals surface area contributed by atoms with Gasteiger partial charge >= 0.3 is 5.97 Å². The molecule has 0 rings (SSSR count). The summed E-state index contributed by atoms with van der Waals surface area (Å²) in [6.07, 6.45) is 2.47. The van der Waals surface area contributed by atoms with Crippen LogP contribution in [0.15, 0.2) is 11.6 Å². The van der Waals surface area contributed by atoms with Crippen molar-refractivity contribution < 1.29 is 9.90 Å². The standard InChI is InChI=1S/C6H10O2.C3H9N.ClH/c1-3-4-5(2)6(7)8;1-4(2)3;/h4H,3H2,1-2H3,(H,7,8);1-3H3;1H/b5-4+;;. The predicted molar refractivity (Wildman–Crippen MR) is 58.5 cm³/mol. The highest BCUT2D eigenvalue weighted by molar-refractivity contribution is 5.85. The van der Waals surface area contributed by atoms with E-state index in [1.807, 2.05) is 33.0 Å². The van der Waals surface area contributed by atoms with Crippen molar-refractivity contribution in [2.45, 2.75) is 20.3 Å². The summed E-state index contributed by atoms with van der Waals surface area (Å²) >= 11 is 0. The number of halogens is 1. The van der Waals surface area contributed by atoms with Crippen molar-refractivity contribution in [2.24, 2.45) is 0 Å². The number of hydrogen-bond donors (Lipinski definition) is 1. The molecule has 3 nitrogen and oxygen atoms in total. The number of aliphatic carboxylic acids is 1. The molecule has 0 saturated carbocycles. The second-order valence-electron chi connectivity index (χ2n) is 2.94. The average molecular weight is 210 g/mol. The summed E-state index contributed by atoms with van der Waals surface area (Å²) in [4.78, 5) is 12.0. The Morgan fingerprint density at radius 2 is 1.69 bits per heavy atom. The van der Waals surface area contributed by atoms with Gasteiger partial charge in [0.15, 0.2) is 0 Å². The maximum absolute atomic E-state index is 10.0. The second kappa shape index (κ2) is 11.5. The molecular formula is C9H20ClNO2. The zero-order valence-electron chi connectivity index (χ0n) is 9.00. The lowest BCUT2D eigenvalue weighted by Crippen LogP contribution is -1.99. The van der Waals surface area contributed by atoms with Crippen molar-refractivity contribution in [2.75, 3.05) is 21.1 Å². The molecule has 0 unspecified atom stereocenters. The molecule has 4 heteroatoms. The highest BCUT2D eigenvalue weighted by Crippen LogP contribution is 1.92. The van der Waals surface area contributed by atoms with Gasteiger partial charge in [0, 0.05) is 5.57 Å². The van der Waals surface area contributed by atoms with Gasteiger partial charge in [-0.3, -0.25) is 0 Å². The van der Waals surface area contributed by atoms with E-state index >= 15 is 0 Å². The maximum Gasteiger partial charge on any atom is 0.330 e. The zero-order valence-corrected chi connectivity index (χ0v) is 9.81. The molecule has 1 N–H and O–H groups in total. The van der Waals surface area contributed by atoms with Crippen LogP contribution in [0.4, 0.5) is 0 Å². The first-order valence-corrected chi connectivity index (χ1v) is 3.92. The van der Waals surface area contributed by atoms with Crippen molar-refractivity contribution in [3.8, 4) is 0 Å². The summed E-state index contributed by atoms with van der Waals surface area (Å²) in [5.74, 6) is -0.827. The molecule has 80 valence electrons. The quantitative estimate of drug-likeness (QED) is 0.708. The SMILES string of the molecule is CC/C=C(\C)C(=O)O.CN(C)C.Cl. The van der Waals surface area contributed by atoms with Crippen LogP contribution in [0, 0.1) is 0 Å². The van der Waals surface area contributed by atoms with E-state index in [9.17, 15) is 4.79 Å². The van der Waals surface area contributed by atoms with Gasteiger partial charge in [0.25, 0.3) is 0 Å². The molecule has 0 radical (unpaired) electrons. The normalized spacial score (nSPS) is 9.85. The van der Waals surface area contributed by atoms with Crippen LogP contribution in [0.3, 0.4) is 0 Å². The Bertz CT molecular complexity index is 153. The molecule has 0 aromatic rings. The molecule has 0 bridgehead atoms. The number of rotatable bonds is 2. The molecule has 0 fully saturated rings. The molecule has 0 saturated heterocycles. The Hall–Kier alpha value is -0.540. The van der Waals surface area contributed by atoms with Crippen LogP contribution in [-0.2, 0) is 4.79 Å². The second-order valence-corrected chi connectivity index (χ2v) is 2.94. The van der Waals surface area contributed by atoms with Gasteiger partial charge in [0.2, 0.25) is 0 Å². The Labute approximate surface area is 86.8 Å². The van der Waals surface area contributed by atoms with Crippen LogP contribution in [-0.4, -0.2) is 37.1 Å². The van der Waals surface area contributed by atoms with Crippen LogP contribution in [0.25, 0.3) is 0 Å². The summed E-state index contributed by atoms with van der Waals surface area (Å²) in [7, 11) is 6.00. The number of carboxylic acids is 1. The van der Waals surface area contributed by atoms with Crippen molar-refractivity contribution in [1.29, 1.82) is 0 Å². The number of nitrogens with zero attached hydrogens (tertiary/aromatic N) is 1. The molecule has 0 heterocycles. The average Bonchev–Trinajstić information content (AvgIpc) is 1.86. The van der Waals surface area contributed by atoms with Crippen molar-refractivity contribution in [3.63, 3.8) is 0 Å². The summed E-state index contributed by atoms with van der Waals surface area (Å²) in [5, 5.41) is 8.24. The molecule has 0 aliphatic carbocycles. The lowest BCUT2D eigenvalue weighted by molar-refractivity contribution is -0.132. The topological polar surface area (TPSA) is 40.5 Å². The van der Waals surface area contributed by atoms with Crippen LogP contribution < -0.4 is 0 Å². The Morgan fingerprint density at radius 1 is 1.38 bits per heavy atom. The van der Waals surface area contributed by atoms with Gasteiger partial charge in [-0.1, -0.05) is 13.0 Å². The smallest absolute Gasteiger partial charge is 0.330 e. The Kier molecular flexibility index (Phi) is 16.1. The third-order valence-electron chi connectivity index (χ3n) is 0.848. The Balaban J connectivity index is -0.000000173. The van der Waals surface area contributed by atoms with E-state index in [0.717, 1.165) is 6.42 Å². The molecule has 0 aromatic carbocycles. The fraction of sp³-hybridized carbons (Fsp3) is 0.667. The molecule has 13 heavy (non-hydrogen) atoms. The summed E-state index contributed by atoms with van der Waals surface area (Å²) < 4.78 is 0. The maximum atomic E-state index is 10.0. The van der Waals surface area contributed by atoms with Gasteiger partial charge < -0.3 is 10.0 Å². The molecule has 0 aromatic heterocycles. The van der Waals surface area contributed by atoms with Gasteiger partial charge in [-0.15, -0.1) is 12.4 Å². The highest BCUT2D eigenvalue weighted by Gasteiger charge is 1.94. The number of carboxylic acid groups (broad SMARTS) is 1. The highest BCUT2D eigenvalue weighted by atomic mass is 35.5. The van der Waals surface area contributed by atoms with Crippen molar-refractivity contribution >= 4 is 18.4 Å². The monoisotopic (exact) mass is 209 g/mol. The fourth-order valence-electron chi connectivity index (χ4n) is 0.393. The lowest BCUT2D eigenvalue weighted by atomic mass is 10.2. The minimum atomic E-state index is -0.827. The van der Waals surface area contributed by atoms with E-state index in [4.69, 9.17) is 5.11 Å². The fourth-order valence-corrected chi connectivity index (χ4v) is 0.393. The third-order valence-corrected chi connectivity index (χ3v) is 0.848. The molecular weight excluding hydrogens is 190 g/mol. The van der Waals surface area contributed by atoms with E-state index in [2.05, 4.69) is 0 Å². The van der Waals surface area contributed by atoms with E-state index in [1.54, 1.807) is 13.0 Å². The van der Waals surface area contributed by atoms with Gasteiger partial charge in [-0.2, -0.15) is 0 Å². The van der Waals surface area contributed by atoms with Crippen LogP contribution >= 0.6 is 12.4 Å². The lowest BCUT2D eigenvalue weighted by Gasteiger charge is -1.90. The third kappa shape index (κ3) is 24.6. The van der Waals surface area contributed by atoms with Crippen LogP contribution in [0.1, 0.15) is 20.3 Å². The molecule has 0 amide bonds. The molecule has 0 aliphatic rings. The first kappa shape index (κ1) is 18.3. The van der Waals surface area contributed by atoms with E-state index in [0.29, 0.717) is 5.57 Å². The molecule has 0 aliphatic heterocycles. The van der Waals surface area contributed by atoms with E-state index in [-0.39, 0.29) is 12.4 Å². The number of allylic oxidation sites excluding steroid dienone is 1. The van der Waals surface area contributed by atoms with Gasteiger partial charge in [0.1, 0.15) is 0 Å². The number of hydrogen-bond acceptors (Lipinski definition) is 2. The van der Waals surface area contributed by atoms with Gasteiger partial charge in [-0.05, 0) is 34.5 Å². The number of carbonyl (C=O) groups is 1. The first-order valence-electron chi connectivity index (χ1n) is 3.92. The summed E-state index contributed by atoms with van der Waals surface area (Å²) in [6, 6.07) is 0. The first-order chi connectivity index (χ1) is 5.41. The molecule has 0 atom stereocenters. The van der Waals surface area contributed by atoms with Crippen molar-refractivity contribution in [3.05, 3.63) is 11.6 Å². The van der Waals surface area contributed by atoms with E-state index in [1.165, 1.54) is 0 Å². The zero-order chi connectivity index (χ0) is 10.1. The molecule has 0 spiro atoms. The Morgan fingerprint density at radius 3 is 1.77 bits per heavy atom. The largest absolute Gasteiger partial charge is 0.478 e. The van der Waals surface area contributed by atoms with E-state index < -0.39 is 5.97 Å². The van der Waals surface area contributed by atoms with Gasteiger partial charge in [-0.25, -0.2) is 4.79 Å². The van der Waals surface area contributed by atoms with Gasteiger partial charge in [0.05, 0.1) is 0 Å². The van der Waals surface area contributed by atoms with Crippen LogP contribution in [0.2, 0.25) is 0 Å². The summed E-state index contributed by atoms with van der Waals surface area (Å²) in [6.45, 7) is 3.50. The van der Waals surface area contributed by atoms with Crippen LogP contribution in [0.5, 0.6) is 0 Å². The minimum absolute atomic E-state index is 0. The predicted octanol–water partition coefficient (Wildman–Crippen LogP) is 2.03.